The molecule has 268 valence electrons. The van der Waals surface area contributed by atoms with E-state index in [1.54, 1.807) is 0 Å². The molecule has 0 aromatic heterocycles. The smallest absolute Gasteiger partial charge is 0.0727 e. The van der Waals surface area contributed by atoms with Crippen LogP contribution in [0.25, 0.3) is 33.4 Å². The van der Waals surface area contributed by atoms with Gasteiger partial charge in [-0.05, 0) is 117 Å². The SMILES string of the molecule is [2H]c1c([2H])c([2H])c(N(c2ccccc2)c2ccc3c(c2)C2(c4ccccc4-c4ccc(N(c5ccccc5)c5ccccc5-c5ccccc5)cc42)c2ccccc2-3)c([2H])c1[2H]. The lowest BCUT2D eigenvalue weighted by Gasteiger charge is -2.33. The van der Waals surface area contributed by atoms with E-state index >= 15 is 0 Å². The Morgan fingerprint density at radius 1 is 0.316 bits per heavy atom. The topological polar surface area (TPSA) is 6.48 Å². The van der Waals surface area contributed by atoms with Gasteiger partial charge in [-0.25, -0.2) is 0 Å². The van der Waals surface area contributed by atoms with Crippen LogP contribution in [-0.4, -0.2) is 0 Å². The van der Waals surface area contributed by atoms with Crippen LogP contribution in [0.3, 0.4) is 0 Å². The fourth-order valence-electron chi connectivity index (χ4n) is 9.27. The molecule has 9 aromatic carbocycles. The highest BCUT2D eigenvalue weighted by molar-refractivity contribution is 5.98. The van der Waals surface area contributed by atoms with Crippen LogP contribution in [0.4, 0.5) is 34.1 Å². The predicted molar refractivity (Wildman–Crippen MR) is 238 cm³/mol. The summed E-state index contributed by atoms with van der Waals surface area (Å²) in [5.74, 6) is 0. The van der Waals surface area contributed by atoms with Crippen molar-refractivity contribution in [1.29, 1.82) is 0 Å². The number of hydrogen-bond donors (Lipinski definition) is 0. The summed E-state index contributed by atoms with van der Waals surface area (Å²) in [5, 5.41) is 0. The van der Waals surface area contributed by atoms with Crippen molar-refractivity contribution >= 4 is 34.1 Å². The van der Waals surface area contributed by atoms with Gasteiger partial charge >= 0.3 is 0 Å². The van der Waals surface area contributed by atoms with E-state index in [4.69, 9.17) is 6.85 Å². The molecule has 0 aliphatic heterocycles. The molecule has 11 rings (SSSR count). The predicted octanol–water partition coefficient (Wildman–Crippen LogP) is 14.6. The van der Waals surface area contributed by atoms with Gasteiger partial charge in [0.25, 0.3) is 0 Å². The molecule has 0 bridgehead atoms. The Morgan fingerprint density at radius 3 is 1.33 bits per heavy atom. The maximum Gasteiger partial charge on any atom is 0.0727 e. The zero-order valence-electron chi connectivity index (χ0n) is 35.9. The molecule has 9 aromatic rings. The number of anilines is 6. The van der Waals surface area contributed by atoms with Crippen LogP contribution in [0.15, 0.2) is 230 Å². The summed E-state index contributed by atoms with van der Waals surface area (Å²) in [7, 11) is 0. The molecule has 0 amide bonds. The Bertz CT molecular complexity index is 3170. The van der Waals surface area contributed by atoms with Crippen molar-refractivity contribution in [2.24, 2.45) is 0 Å². The first-order chi connectivity index (χ1) is 30.4. The van der Waals surface area contributed by atoms with Gasteiger partial charge in [0.2, 0.25) is 0 Å². The van der Waals surface area contributed by atoms with Crippen LogP contribution in [-0.2, 0) is 5.41 Å². The molecule has 0 fully saturated rings. The Kier molecular flexibility index (Phi) is 6.60. The molecule has 57 heavy (non-hydrogen) atoms. The van der Waals surface area contributed by atoms with Crippen molar-refractivity contribution < 1.29 is 6.85 Å². The van der Waals surface area contributed by atoms with Gasteiger partial charge in [-0.2, -0.15) is 0 Å². The summed E-state index contributed by atoms with van der Waals surface area (Å²) >= 11 is 0. The number of hydrogen-bond acceptors (Lipinski definition) is 2. The van der Waals surface area contributed by atoms with Gasteiger partial charge in [-0.3, -0.25) is 0 Å². The maximum atomic E-state index is 9.13. The number of para-hydroxylation sites is 4. The molecule has 2 aliphatic carbocycles. The first kappa shape index (κ1) is 28.1. The number of nitrogens with zero attached hydrogens (tertiary/aromatic N) is 2. The second-order valence-electron chi connectivity index (χ2n) is 14.5. The maximum absolute atomic E-state index is 9.13. The Morgan fingerprint density at radius 2 is 0.754 bits per heavy atom. The van der Waals surface area contributed by atoms with Crippen LogP contribution >= 0.6 is 0 Å². The lowest BCUT2D eigenvalue weighted by Crippen LogP contribution is -2.26. The molecule has 0 radical (unpaired) electrons. The third kappa shape index (κ3) is 5.11. The van der Waals surface area contributed by atoms with E-state index in [9.17, 15) is 0 Å². The normalized spacial score (nSPS) is 15.6. The number of benzene rings is 9. The van der Waals surface area contributed by atoms with Crippen LogP contribution < -0.4 is 9.80 Å². The highest BCUT2D eigenvalue weighted by atomic mass is 15.1. The molecule has 0 heterocycles. The first-order valence-electron chi connectivity index (χ1n) is 21.8. The molecule has 1 unspecified atom stereocenters. The lowest BCUT2D eigenvalue weighted by atomic mass is 9.70. The van der Waals surface area contributed by atoms with Gasteiger partial charge in [0, 0.05) is 34.0 Å². The molecule has 0 N–H and O–H groups in total. The summed E-state index contributed by atoms with van der Waals surface area (Å²) in [5.41, 5.74) is 15.1. The van der Waals surface area contributed by atoms with E-state index in [1.807, 2.05) is 53.4 Å². The van der Waals surface area contributed by atoms with E-state index in [1.165, 1.54) is 11.1 Å². The van der Waals surface area contributed by atoms with Crippen molar-refractivity contribution in [3.05, 3.63) is 253 Å². The number of fused-ring (bicyclic) bond motifs is 10. The summed E-state index contributed by atoms with van der Waals surface area (Å²) in [6.45, 7) is 0. The lowest BCUT2D eigenvalue weighted by molar-refractivity contribution is 0.793. The van der Waals surface area contributed by atoms with Crippen LogP contribution in [0.1, 0.15) is 29.1 Å². The zero-order valence-corrected chi connectivity index (χ0v) is 30.9. The second kappa shape index (κ2) is 13.4. The summed E-state index contributed by atoms with van der Waals surface area (Å²) < 4.78 is 44.0. The fourth-order valence-corrected chi connectivity index (χ4v) is 9.27. The third-order valence-corrected chi connectivity index (χ3v) is 11.5. The molecule has 1 atom stereocenters. The third-order valence-electron chi connectivity index (χ3n) is 11.5. The average Bonchev–Trinajstić information content (AvgIpc) is 3.79. The van der Waals surface area contributed by atoms with E-state index in [2.05, 4.69) is 157 Å². The monoisotopic (exact) mass is 731 g/mol. The van der Waals surface area contributed by atoms with E-state index in [0.29, 0.717) is 11.4 Å². The Balaban J connectivity index is 1.20. The first-order valence-corrected chi connectivity index (χ1v) is 19.3. The molecule has 1 spiro atoms. The molecule has 0 saturated heterocycles. The van der Waals surface area contributed by atoms with Gasteiger partial charge in [0.05, 0.1) is 18.0 Å². The fraction of sp³-hybridized carbons (Fsp3) is 0.0182. The van der Waals surface area contributed by atoms with Gasteiger partial charge in [0.1, 0.15) is 0 Å². The van der Waals surface area contributed by atoms with Gasteiger partial charge in [-0.15, -0.1) is 0 Å². The average molecular weight is 732 g/mol. The molecule has 0 saturated carbocycles. The molecular formula is C55H38N2. The van der Waals surface area contributed by atoms with Gasteiger partial charge in [0.15, 0.2) is 0 Å². The molecule has 2 nitrogen and oxygen atoms in total. The van der Waals surface area contributed by atoms with Crippen molar-refractivity contribution in [1.82, 2.24) is 0 Å². The van der Waals surface area contributed by atoms with Crippen LogP contribution in [0, 0.1) is 0 Å². The van der Waals surface area contributed by atoms with Gasteiger partial charge < -0.3 is 9.80 Å². The summed E-state index contributed by atoms with van der Waals surface area (Å²) in [4.78, 5) is 4.17. The minimum absolute atomic E-state index is 0.0943. The molecule has 2 heteroatoms. The molecule has 2 aliphatic rings. The summed E-state index contributed by atoms with van der Waals surface area (Å²) in [6.07, 6.45) is 0. The largest absolute Gasteiger partial charge is 0.310 e. The minimum atomic E-state index is -0.757. The summed E-state index contributed by atoms with van der Waals surface area (Å²) in [6, 6.07) is 68.0. The van der Waals surface area contributed by atoms with E-state index in [0.717, 1.165) is 61.6 Å². The van der Waals surface area contributed by atoms with Crippen molar-refractivity contribution in [3.8, 4) is 33.4 Å². The van der Waals surface area contributed by atoms with Crippen LogP contribution in [0.2, 0.25) is 0 Å². The minimum Gasteiger partial charge on any atom is -0.310 e. The van der Waals surface area contributed by atoms with Crippen molar-refractivity contribution in [3.63, 3.8) is 0 Å². The quantitative estimate of drug-likeness (QED) is 0.161. The van der Waals surface area contributed by atoms with Gasteiger partial charge in [-0.1, -0.05) is 164 Å². The second-order valence-corrected chi connectivity index (χ2v) is 14.5. The molecular weight excluding hydrogens is 689 g/mol. The van der Waals surface area contributed by atoms with Crippen LogP contribution in [0.5, 0.6) is 0 Å². The highest BCUT2D eigenvalue weighted by Crippen LogP contribution is 2.64. The van der Waals surface area contributed by atoms with Crippen molar-refractivity contribution in [2.45, 2.75) is 5.41 Å². The standard InChI is InChI=1S/C55H38N2/c1-5-19-39(20-6-1)45-27-15-18-32-54(45)57(42-25-11-4-12-26-42)44-34-36-49-47-29-14-17-31-51(47)55(53(49)38-44)50-30-16-13-28-46(50)48-35-33-43(37-52(48)55)56(40-21-7-2-8-22-40)41-23-9-3-10-24-41/h1-38H/i2D,7D,8D,21D,22D. The van der Waals surface area contributed by atoms with Crippen molar-refractivity contribution in [2.75, 3.05) is 9.80 Å². The van der Waals surface area contributed by atoms with E-state index in [-0.39, 0.29) is 29.9 Å². The highest BCUT2D eigenvalue weighted by Gasteiger charge is 2.52. The Hall–Kier alpha value is -7.42. The Labute approximate surface area is 341 Å². The van der Waals surface area contributed by atoms with E-state index < -0.39 is 11.5 Å². The number of rotatable bonds is 7. The zero-order chi connectivity index (χ0) is 42.1.